The number of hydrogen-bond donors (Lipinski definition) is 1. The van der Waals surface area contributed by atoms with Crippen LogP contribution in [-0.4, -0.2) is 13.3 Å². The lowest BCUT2D eigenvalue weighted by atomic mass is 10.2. The number of anilines is 1. The van der Waals surface area contributed by atoms with Gasteiger partial charge in [-0.2, -0.15) is 5.10 Å². The highest BCUT2D eigenvalue weighted by Gasteiger charge is 2.10. The third kappa shape index (κ3) is 3.23. The van der Waals surface area contributed by atoms with Crippen LogP contribution in [0.2, 0.25) is 5.02 Å². The highest BCUT2D eigenvalue weighted by atomic mass is 35.5. The Kier molecular flexibility index (Phi) is 4.36. The lowest BCUT2D eigenvalue weighted by Gasteiger charge is -2.06. The second kappa shape index (κ2) is 6.20. The summed E-state index contributed by atoms with van der Waals surface area (Å²) in [4.78, 5) is 0. The average molecular weight is 279 g/mol. The standard InChI is InChI=1S/C14H12ClFN2O/c1-19-13-8-7-12(16)11(14(13)15)9-17-18-10-5-3-2-4-6-10/h2-9,18H,1H3. The van der Waals surface area contributed by atoms with E-state index in [2.05, 4.69) is 10.5 Å². The molecule has 0 fully saturated rings. The monoisotopic (exact) mass is 278 g/mol. The Morgan fingerprint density at radius 2 is 1.95 bits per heavy atom. The zero-order valence-electron chi connectivity index (χ0n) is 10.2. The molecule has 0 aliphatic carbocycles. The van der Waals surface area contributed by atoms with Crippen LogP contribution in [0.5, 0.6) is 5.75 Å². The number of halogens is 2. The number of ether oxygens (including phenoxy) is 1. The van der Waals surface area contributed by atoms with Gasteiger partial charge in [0.2, 0.25) is 0 Å². The smallest absolute Gasteiger partial charge is 0.138 e. The summed E-state index contributed by atoms with van der Waals surface area (Å²) in [5.41, 5.74) is 3.78. The molecule has 2 aromatic carbocycles. The van der Waals surface area contributed by atoms with Crippen LogP contribution < -0.4 is 10.2 Å². The van der Waals surface area contributed by atoms with E-state index in [9.17, 15) is 4.39 Å². The molecule has 5 heteroatoms. The van der Waals surface area contributed by atoms with Gasteiger partial charge in [-0.1, -0.05) is 29.8 Å². The predicted molar refractivity (Wildman–Crippen MR) is 75.6 cm³/mol. The number of nitrogens with one attached hydrogen (secondary N) is 1. The SMILES string of the molecule is COc1ccc(F)c(C=NNc2ccccc2)c1Cl. The van der Waals surface area contributed by atoms with Gasteiger partial charge < -0.3 is 4.74 Å². The first-order valence-electron chi connectivity index (χ1n) is 5.58. The van der Waals surface area contributed by atoms with Crippen LogP contribution in [0.25, 0.3) is 0 Å². The molecule has 19 heavy (non-hydrogen) atoms. The summed E-state index contributed by atoms with van der Waals surface area (Å²) in [6.45, 7) is 0. The van der Waals surface area contributed by atoms with Crippen LogP contribution in [0.4, 0.5) is 10.1 Å². The van der Waals surface area contributed by atoms with Gasteiger partial charge in [0.1, 0.15) is 11.6 Å². The second-order valence-electron chi connectivity index (χ2n) is 3.71. The number of methoxy groups -OCH3 is 1. The summed E-state index contributed by atoms with van der Waals surface area (Å²) < 4.78 is 18.7. The van der Waals surface area contributed by atoms with Gasteiger partial charge in [0.05, 0.1) is 29.6 Å². The Morgan fingerprint density at radius 1 is 1.21 bits per heavy atom. The maximum Gasteiger partial charge on any atom is 0.138 e. The largest absolute Gasteiger partial charge is 0.495 e. The van der Waals surface area contributed by atoms with Crippen molar-refractivity contribution in [2.75, 3.05) is 12.5 Å². The van der Waals surface area contributed by atoms with Gasteiger partial charge in [0.15, 0.2) is 0 Å². The summed E-state index contributed by atoms with van der Waals surface area (Å²) >= 11 is 6.01. The Bertz CT molecular complexity index is 587. The van der Waals surface area contributed by atoms with E-state index in [-0.39, 0.29) is 10.6 Å². The van der Waals surface area contributed by atoms with Crippen molar-refractivity contribution in [3.8, 4) is 5.75 Å². The fourth-order valence-corrected chi connectivity index (χ4v) is 1.79. The lowest BCUT2D eigenvalue weighted by molar-refractivity contribution is 0.414. The van der Waals surface area contributed by atoms with Crippen molar-refractivity contribution < 1.29 is 9.13 Å². The molecule has 0 spiro atoms. The summed E-state index contributed by atoms with van der Waals surface area (Å²) in [6.07, 6.45) is 1.33. The number of para-hydroxylation sites is 1. The molecular formula is C14H12ClFN2O. The molecule has 2 rings (SSSR count). The van der Waals surface area contributed by atoms with Crippen LogP contribution in [0, 0.1) is 5.82 Å². The summed E-state index contributed by atoms with van der Waals surface area (Å²) in [6, 6.07) is 12.1. The molecule has 0 aliphatic rings. The van der Waals surface area contributed by atoms with E-state index in [1.54, 1.807) is 0 Å². The van der Waals surface area contributed by atoms with E-state index >= 15 is 0 Å². The fourth-order valence-electron chi connectivity index (χ4n) is 1.51. The minimum absolute atomic E-state index is 0.185. The molecule has 98 valence electrons. The quantitative estimate of drug-likeness (QED) is 0.679. The highest BCUT2D eigenvalue weighted by Crippen LogP contribution is 2.28. The minimum atomic E-state index is -0.454. The minimum Gasteiger partial charge on any atom is -0.495 e. The first-order valence-corrected chi connectivity index (χ1v) is 5.96. The molecule has 0 saturated carbocycles. The maximum atomic E-state index is 13.6. The molecule has 0 atom stereocenters. The van der Waals surface area contributed by atoms with Gasteiger partial charge in [0, 0.05) is 0 Å². The number of hydrazone groups is 1. The average Bonchev–Trinajstić information content (AvgIpc) is 2.44. The summed E-state index contributed by atoms with van der Waals surface area (Å²) in [7, 11) is 1.47. The van der Waals surface area contributed by atoms with Gasteiger partial charge in [-0.3, -0.25) is 5.43 Å². The van der Waals surface area contributed by atoms with Crippen LogP contribution in [0.15, 0.2) is 47.6 Å². The van der Waals surface area contributed by atoms with Crippen LogP contribution in [0.3, 0.4) is 0 Å². The Labute approximate surface area is 115 Å². The first-order chi connectivity index (χ1) is 9.22. The van der Waals surface area contributed by atoms with Crippen molar-refractivity contribution in [2.24, 2.45) is 5.10 Å². The molecule has 0 bridgehead atoms. The Morgan fingerprint density at radius 3 is 2.63 bits per heavy atom. The number of rotatable bonds is 4. The second-order valence-corrected chi connectivity index (χ2v) is 4.09. The van der Waals surface area contributed by atoms with Gasteiger partial charge in [0.25, 0.3) is 0 Å². The van der Waals surface area contributed by atoms with Gasteiger partial charge in [-0.15, -0.1) is 0 Å². The molecule has 0 radical (unpaired) electrons. The Balaban J connectivity index is 2.19. The topological polar surface area (TPSA) is 33.6 Å². The molecule has 0 aliphatic heterocycles. The number of hydrogen-bond acceptors (Lipinski definition) is 3. The van der Waals surface area contributed by atoms with E-state index in [0.717, 1.165) is 5.69 Å². The molecule has 0 saturated heterocycles. The zero-order chi connectivity index (χ0) is 13.7. The Hall–Kier alpha value is -2.07. The van der Waals surface area contributed by atoms with Crippen molar-refractivity contribution >= 4 is 23.5 Å². The predicted octanol–water partition coefficient (Wildman–Crippen LogP) is 3.93. The highest BCUT2D eigenvalue weighted by molar-refractivity contribution is 6.34. The summed E-state index contributed by atoms with van der Waals surface area (Å²) in [5, 5.41) is 4.15. The van der Waals surface area contributed by atoms with Crippen molar-refractivity contribution in [1.82, 2.24) is 0 Å². The van der Waals surface area contributed by atoms with E-state index in [1.807, 2.05) is 30.3 Å². The van der Waals surface area contributed by atoms with E-state index in [4.69, 9.17) is 16.3 Å². The third-order valence-corrected chi connectivity index (χ3v) is 2.86. The molecule has 3 nitrogen and oxygen atoms in total. The molecular weight excluding hydrogens is 267 g/mol. The number of benzene rings is 2. The molecule has 2 aromatic rings. The zero-order valence-corrected chi connectivity index (χ0v) is 11.0. The van der Waals surface area contributed by atoms with Gasteiger partial charge >= 0.3 is 0 Å². The van der Waals surface area contributed by atoms with Crippen molar-refractivity contribution in [3.05, 3.63) is 58.9 Å². The van der Waals surface area contributed by atoms with E-state index in [0.29, 0.717) is 5.75 Å². The van der Waals surface area contributed by atoms with Crippen LogP contribution in [0.1, 0.15) is 5.56 Å². The van der Waals surface area contributed by atoms with Crippen molar-refractivity contribution in [1.29, 1.82) is 0 Å². The van der Waals surface area contributed by atoms with Crippen molar-refractivity contribution in [2.45, 2.75) is 0 Å². The molecule has 0 heterocycles. The molecule has 0 aromatic heterocycles. The normalized spacial score (nSPS) is 10.7. The van der Waals surface area contributed by atoms with Gasteiger partial charge in [-0.25, -0.2) is 4.39 Å². The van der Waals surface area contributed by atoms with Gasteiger partial charge in [-0.05, 0) is 24.3 Å². The first kappa shape index (κ1) is 13.4. The number of nitrogens with zero attached hydrogens (tertiary/aromatic N) is 1. The molecule has 1 N–H and O–H groups in total. The molecule has 0 amide bonds. The molecule has 0 unspecified atom stereocenters. The van der Waals surface area contributed by atoms with E-state index in [1.165, 1.54) is 25.5 Å². The van der Waals surface area contributed by atoms with Crippen molar-refractivity contribution in [3.63, 3.8) is 0 Å². The fraction of sp³-hybridized carbons (Fsp3) is 0.0714. The lowest BCUT2D eigenvalue weighted by Crippen LogP contribution is -1.96. The van der Waals surface area contributed by atoms with Crippen LogP contribution >= 0.6 is 11.6 Å². The van der Waals surface area contributed by atoms with E-state index < -0.39 is 5.82 Å². The van der Waals surface area contributed by atoms with Crippen LogP contribution in [-0.2, 0) is 0 Å². The third-order valence-electron chi connectivity index (χ3n) is 2.47. The summed E-state index contributed by atoms with van der Waals surface area (Å²) in [5.74, 6) is -0.0476. The maximum absolute atomic E-state index is 13.6.